The fourth-order valence-electron chi connectivity index (χ4n) is 3.85. The second-order valence-electron chi connectivity index (χ2n) is 11.0. The van der Waals surface area contributed by atoms with E-state index >= 15 is 0 Å². The summed E-state index contributed by atoms with van der Waals surface area (Å²) in [5.74, 6) is 0.955. The number of ether oxygens (including phenoxy) is 3. The fourth-order valence-corrected chi connectivity index (χ4v) is 3.85. The standard InChI is InChI=1S/C28H34F2N6O3/c1-27(2,3)38-25-20(15-32-26(33-25)39-28(4,5)6)21-14-22(24-31-12-13-36(24)34-21)35(17-23(29)30)16-18-8-10-19(37-7)11-9-18/h8-15,23H,16-17H2,1-7H3. The molecule has 0 unspecified atom stereocenters. The first-order chi connectivity index (χ1) is 18.3. The molecule has 11 heteroatoms. The van der Waals surface area contributed by atoms with Gasteiger partial charge in [0, 0.05) is 25.1 Å². The van der Waals surface area contributed by atoms with E-state index in [0.29, 0.717) is 28.3 Å². The van der Waals surface area contributed by atoms with Crippen molar-refractivity contribution in [3.05, 3.63) is 54.5 Å². The first kappa shape index (κ1) is 28.0. The third-order valence-corrected chi connectivity index (χ3v) is 5.38. The Morgan fingerprint density at radius 2 is 1.67 bits per heavy atom. The molecule has 9 nitrogen and oxygen atoms in total. The summed E-state index contributed by atoms with van der Waals surface area (Å²) in [5, 5.41) is 4.67. The van der Waals surface area contributed by atoms with Crippen LogP contribution in [0.15, 0.2) is 48.9 Å². The molecule has 0 atom stereocenters. The Bertz CT molecular complexity index is 1410. The summed E-state index contributed by atoms with van der Waals surface area (Å²) in [4.78, 5) is 14.9. The lowest BCUT2D eigenvalue weighted by molar-refractivity contribution is 0.103. The van der Waals surface area contributed by atoms with Crippen LogP contribution in [0.1, 0.15) is 47.1 Å². The van der Waals surface area contributed by atoms with Crippen molar-refractivity contribution >= 4 is 11.3 Å². The number of anilines is 1. The topological polar surface area (TPSA) is 86.9 Å². The maximum absolute atomic E-state index is 13.8. The van der Waals surface area contributed by atoms with Gasteiger partial charge in [0.2, 0.25) is 5.88 Å². The Morgan fingerprint density at radius 3 is 2.28 bits per heavy atom. The average molecular weight is 541 g/mol. The predicted molar refractivity (Wildman–Crippen MR) is 145 cm³/mol. The molecule has 0 amide bonds. The Labute approximate surface area is 226 Å². The molecule has 208 valence electrons. The first-order valence-electron chi connectivity index (χ1n) is 12.6. The molecule has 0 aliphatic carbocycles. The van der Waals surface area contributed by atoms with Crippen LogP contribution in [-0.4, -0.2) is 55.8 Å². The summed E-state index contributed by atoms with van der Waals surface area (Å²) in [6.45, 7) is 11.1. The van der Waals surface area contributed by atoms with Crippen LogP contribution in [0, 0.1) is 0 Å². The second-order valence-corrected chi connectivity index (χ2v) is 11.0. The highest BCUT2D eigenvalue weighted by atomic mass is 19.3. The van der Waals surface area contributed by atoms with Gasteiger partial charge in [-0.2, -0.15) is 10.1 Å². The molecule has 0 spiro atoms. The number of hydrogen-bond donors (Lipinski definition) is 0. The van der Waals surface area contributed by atoms with Crippen LogP contribution in [0.2, 0.25) is 0 Å². The molecule has 3 heterocycles. The maximum atomic E-state index is 13.8. The maximum Gasteiger partial charge on any atom is 0.320 e. The normalized spacial score (nSPS) is 12.2. The van der Waals surface area contributed by atoms with Gasteiger partial charge in [-0.3, -0.25) is 0 Å². The largest absolute Gasteiger partial charge is 0.497 e. The minimum atomic E-state index is -2.58. The molecule has 0 saturated heterocycles. The summed E-state index contributed by atoms with van der Waals surface area (Å²) in [5.41, 5.74) is 1.59. The van der Waals surface area contributed by atoms with E-state index in [1.165, 1.54) is 0 Å². The third-order valence-electron chi connectivity index (χ3n) is 5.38. The van der Waals surface area contributed by atoms with Gasteiger partial charge in [0.25, 0.3) is 6.43 Å². The van der Waals surface area contributed by atoms with E-state index < -0.39 is 24.2 Å². The molecule has 0 saturated carbocycles. The van der Waals surface area contributed by atoms with Crippen LogP contribution >= 0.6 is 0 Å². The van der Waals surface area contributed by atoms with Gasteiger partial charge in [-0.25, -0.2) is 23.3 Å². The van der Waals surface area contributed by atoms with Crippen molar-refractivity contribution in [1.29, 1.82) is 0 Å². The molecule has 1 aromatic carbocycles. The van der Waals surface area contributed by atoms with Crippen LogP contribution in [-0.2, 0) is 6.54 Å². The van der Waals surface area contributed by atoms with Gasteiger partial charge in [-0.15, -0.1) is 0 Å². The number of alkyl halides is 2. The van der Waals surface area contributed by atoms with E-state index in [0.717, 1.165) is 5.56 Å². The molecule has 0 radical (unpaired) electrons. The SMILES string of the molecule is COc1ccc(CN(CC(F)F)c2cc(-c3cnc(OC(C)(C)C)nc3OC(C)(C)C)nn3ccnc23)cc1. The number of benzene rings is 1. The van der Waals surface area contributed by atoms with E-state index in [9.17, 15) is 8.78 Å². The van der Waals surface area contributed by atoms with Gasteiger partial charge in [0.05, 0.1) is 24.9 Å². The molecule has 39 heavy (non-hydrogen) atoms. The smallest absolute Gasteiger partial charge is 0.320 e. The zero-order valence-corrected chi connectivity index (χ0v) is 23.3. The number of rotatable bonds is 9. The molecule has 0 N–H and O–H groups in total. The lowest BCUT2D eigenvalue weighted by Gasteiger charge is -2.26. The van der Waals surface area contributed by atoms with E-state index in [4.69, 9.17) is 14.2 Å². The second kappa shape index (κ2) is 11.0. The summed E-state index contributed by atoms with van der Waals surface area (Å²) >= 11 is 0. The van der Waals surface area contributed by atoms with Crippen molar-refractivity contribution in [2.45, 2.75) is 65.7 Å². The summed E-state index contributed by atoms with van der Waals surface area (Å²) in [7, 11) is 1.58. The lowest BCUT2D eigenvalue weighted by atomic mass is 10.1. The zero-order chi connectivity index (χ0) is 28.4. The Morgan fingerprint density at radius 1 is 0.974 bits per heavy atom. The van der Waals surface area contributed by atoms with Crippen molar-refractivity contribution in [1.82, 2.24) is 24.6 Å². The predicted octanol–water partition coefficient (Wildman–Crippen LogP) is 5.82. The van der Waals surface area contributed by atoms with Crippen LogP contribution in [0.3, 0.4) is 0 Å². The molecular weight excluding hydrogens is 506 g/mol. The Hall–Kier alpha value is -4.02. The van der Waals surface area contributed by atoms with Crippen molar-refractivity contribution in [2.24, 2.45) is 0 Å². The number of nitrogens with zero attached hydrogens (tertiary/aromatic N) is 6. The number of halogens is 2. The van der Waals surface area contributed by atoms with Crippen LogP contribution < -0.4 is 19.1 Å². The summed E-state index contributed by atoms with van der Waals surface area (Å²) < 4.78 is 46.4. The molecule has 0 aliphatic rings. The molecule has 3 aromatic heterocycles. The highest BCUT2D eigenvalue weighted by molar-refractivity contribution is 5.76. The van der Waals surface area contributed by atoms with Crippen molar-refractivity contribution < 1.29 is 23.0 Å². The highest BCUT2D eigenvalue weighted by Gasteiger charge is 2.24. The van der Waals surface area contributed by atoms with Gasteiger partial charge in [0.15, 0.2) is 5.65 Å². The fraction of sp³-hybridized carbons (Fsp3) is 0.429. The Balaban J connectivity index is 1.82. The van der Waals surface area contributed by atoms with E-state index in [2.05, 4.69) is 20.1 Å². The van der Waals surface area contributed by atoms with Gasteiger partial charge in [-0.05, 0) is 65.3 Å². The van der Waals surface area contributed by atoms with Crippen molar-refractivity contribution in [3.63, 3.8) is 0 Å². The van der Waals surface area contributed by atoms with Crippen molar-refractivity contribution in [2.75, 3.05) is 18.6 Å². The van der Waals surface area contributed by atoms with Crippen LogP contribution in [0.4, 0.5) is 14.5 Å². The summed E-state index contributed by atoms with van der Waals surface area (Å²) in [6.07, 6.45) is 2.24. The minimum absolute atomic E-state index is 0.160. The van der Waals surface area contributed by atoms with Gasteiger partial charge in [0.1, 0.15) is 22.6 Å². The number of methoxy groups -OCH3 is 1. The van der Waals surface area contributed by atoms with Gasteiger partial charge >= 0.3 is 6.01 Å². The average Bonchev–Trinajstić information content (AvgIpc) is 3.30. The van der Waals surface area contributed by atoms with Crippen LogP contribution in [0.25, 0.3) is 16.9 Å². The molecule has 0 aliphatic heterocycles. The Kier molecular flexibility index (Phi) is 7.89. The van der Waals surface area contributed by atoms with Gasteiger partial charge in [-0.1, -0.05) is 12.1 Å². The first-order valence-corrected chi connectivity index (χ1v) is 12.6. The van der Waals surface area contributed by atoms with Crippen molar-refractivity contribution in [3.8, 4) is 28.9 Å². The van der Waals surface area contributed by atoms with Crippen LogP contribution in [0.5, 0.6) is 17.6 Å². The summed E-state index contributed by atoms with van der Waals surface area (Å²) in [6, 6.07) is 9.17. The van der Waals surface area contributed by atoms with E-state index in [-0.39, 0.29) is 18.4 Å². The van der Waals surface area contributed by atoms with E-state index in [1.807, 2.05) is 53.7 Å². The third kappa shape index (κ3) is 7.30. The monoisotopic (exact) mass is 540 g/mol. The number of hydrogen-bond acceptors (Lipinski definition) is 8. The molecule has 0 fully saturated rings. The molecule has 4 rings (SSSR count). The molecule has 4 aromatic rings. The zero-order valence-electron chi connectivity index (χ0n) is 23.3. The number of fused-ring (bicyclic) bond motifs is 1. The molecular formula is C28H34F2N6O3. The quantitative estimate of drug-likeness (QED) is 0.262. The van der Waals surface area contributed by atoms with E-state index in [1.54, 1.807) is 53.3 Å². The molecule has 0 bridgehead atoms. The lowest BCUT2D eigenvalue weighted by Crippen LogP contribution is -2.29. The highest BCUT2D eigenvalue weighted by Crippen LogP contribution is 2.34. The van der Waals surface area contributed by atoms with Gasteiger partial charge < -0.3 is 19.1 Å². The number of imidazole rings is 1. The number of aromatic nitrogens is 5. The minimum Gasteiger partial charge on any atom is -0.497 e.